The summed E-state index contributed by atoms with van der Waals surface area (Å²) in [5, 5.41) is 3.57. The van der Waals surface area contributed by atoms with Crippen molar-refractivity contribution in [3.63, 3.8) is 0 Å². The van der Waals surface area contributed by atoms with E-state index in [0.717, 1.165) is 17.8 Å². The molecular weight excluding hydrogens is 290 g/mol. The van der Waals surface area contributed by atoms with Gasteiger partial charge in [0, 0.05) is 5.56 Å². The number of carbonyl (C=O) groups is 1. The molecule has 2 aromatic carbocycles. The first-order chi connectivity index (χ1) is 10.6. The Morgan fingerprint density at radius 2 is 2.00 bits per heavy atom. The molecule has 4 nitrogen and oxygen atoms in total. The van der Waals surface area contributed by atoms with Crippen molar-refractivity contribution >= 4 is 12.1 Å². The van der Waals surface area contributed by atoms with E-state index in [1.165, 1.54) is 12.1 Å². The normalized spacial score (nSPS) is 10.7. The molecule has 0 aliphatic rings. The molecule has 114 valence electrons. The van der Waals surface area contributed by atoms with E-state index in [1.807, 2.05) is 19.1 Å². The van der Waals surface area contributed by atoms with Crippen LogP contribution < -0.4 is 10.2 Å². The van der Waals surface area contributed by atoms with E-state index < -0.39 is 17.5 Å². The number of rotatable bonds is 5. The van der Waals surface area contributed by atoms with Crippen LogP contribution in [0.4, 0.5) is 8.78 Å². The van der Waals surface area contributed by atoms with Gasteiger partial charge in [-0.3, -0.25) is 4.79 Å². The van der Waals surface area contributed by atoms with Crippen molar-refractivity contribution < 1.29 is 18.3 Å². The molecular formula is C16H14F2N2O2. The van der Waals surface area contributed by atoms with Gasteiger partial charge in [0.2, 0.25) is 0 Å². The van der Waals surface area contributed by atoms with Gasteiger partial charge in [0.05, 0.1) is 6.21 Å². The second kappa shape index (κ2) is 7.31. The fourth-order valence-corrected chi connectivity index (χ4v) is 1.69. The highest BCUT2D eigenvalue weighted by Crippen LogP contribution is 2.15. The van der Waals surface area contributed by atoms with Crippen molar-refractivity contribution in [1.29, 1.82) is 0 Å². The molecule has 0 fully saturated rings. The standard InChI is InChI=1S/C16H14F2N2O2/c1-11-5-2-3-8-14(11)22-10-15(21)20-19-9-12-6-4-7-13(17)16(12)18/h2-9H,10H2,1H3,(H,20,21). The lowest BCUT2D eigenvalue weighted by atomic mass is 10.2. The molecule has 0 spiro atoms. The summed E-state index contributed by atoms with van der Waals surface area (Å²) in [5.74, 6) is -1.90. The van der Waals surface area contributed by atoms with Gasteiger partial charge < -0.3 is 4.74 Å². The number of benzene rings is 2. The largest absolute Gasteiger partial charge is 0.483 e. The third-order valence-electron chi connectivity index (χ3n) is 2.83. The number of hydrazone groups is 1. The maximum Gasteiger partial charge on any atom is 0.277 e. The third-order valence-corrected chi connectivity index (χ3v) is 2.83. The fraction of sp³-hybridized carbons (Fsp3) is 0.125. The number of ether oxygens (including phenoxy) is 1. The van der Waals surface area contributed by atoms with Crippen LogP contribution in [0.25, 0.3) is 0 Å². The van der Waals surface area contributed by atoms with E-state index in [2.05, 4.69) is 10.5 Å². The maximum atomic E-state index is 13.3. The van der Waals surface area contributed by atoms with Crippen molar-refractivity contribution in [2.75, 3.05) is 6.61 Å². The molecule has 2 aromatic rings. The zero-order valence-corrected chi connectivity index (χ0v) is 11.8. The number of nitrogens with zero attached hydrogens (tertiary/aromatic N) is 1. The predicted octanol–water partition coefficient (Wildman–Crippen LogP) is 2.80. The molecule has 0 aromatic heterocycles. The summed E-state index contributed by atoms with van der Waals surface area (Å²) in [7, 11) is 0. The summed E-state index contributed by atoms with van der Waals surface area (Å²) < 4.78 is 31.6. The highest BCUT2D eigenvalue weighted by molar-refractivity contribution is 5.83. The number of nitrogens with one attached hydrogen (secondary N) is 1. The Hall–Kier alpha value is -2.76. The molecule has 0 radical (unpaired) electrons. The van der Waals surface area contributed by atoms with Crippen LogP contribution in [0.2, 0.25) is 0 Å². The fourth-order valence-electron chi connectivity index (χ4n) is 1.69. The summed E-state index contributed by atoms with van der Waals surface area (Å²) in [6.07, 6.45) is 1.03. The first-order valence-corrected chi connectivity index (χ1v) is 6.52. The zero-order chi connectivity index (χ0) is 15.9. The van der Waals surface area contributed by atoms with Crippen LogP contribution in [0.3, 0.4) is 0 Å². The predicted molar refractivity (Wildman–Crippen MR) is 78.8 cm³/mol. The first kappa shape index (κ1) is 15.6. The molecule has 0 atom stereocenters. The van der Waals surface area contributed by atoms with Crippen molar-refractivity contribution in [2.45, 2.75) is 6.92 Å². The van der Waals surface area contributed by atoms with Crippen LogP contribution >= 0.6 is 0 Å². The van der Waals surface area contributed by atoms with Crippen molar-refractivity contribution in [2.24, 2.45) is 5.10 Å². The minimum atomic E-state index is -1.02. The highest BCUT2D eigenvalue weighted by atomic mass is 19.2. The van der Waals surface area contributed by atoms with Crippen LogP contribution in [-0.2, 0) is 4.79 Å². The van der Waals surface area contributed by atoms with E-state index in [-0.39, 0.29) is 12.2 Å². The minimum Gasteiger partial charge on any atom is -0.483 e. The lowest BCUT2D eigenvalue weighted by Crippen LogP contribution is -2.24. The highest BCUT2D eigenvalue weighted by Gasteiger charge is 2.06. The first-order valence-electron chi connectivity index (χ1n) is 6.52. The van der Waals surface area contributed by atoms with E-state index in [9.17, 15) is 13.6 Å². The Bertz CT molecular complexity index is 702. The van der Waals surface area contributed by atoms with Crippen LogP contribution in [-0.4, -0.2) is 18.7 Å². The van der Waals surface area contributed by atoms with Gasteiger partial charge in [-0.15, -0.1) is 0 Å². The van der Waals surface area contributed by atoms with Gasteiger partial charge in [-0.1, -0.05) is 30.3 Å². The molecule has 0 unspecified atom stereocenters. The Kier molecular flexibility index (Phi) is 5.19. The molecule has 0 aliphatic heterocycles. The molecule has 0 saturated carbocycles. The van der Waals surface area contributed by atoms with Gasteiger partial charge in [0.1, 0.15) is 5.75 Å². The van der Waals surface area contributed by atoms with Crippen molar-refractivity contribution in [3.05, 3.63) is 65.2 Å². The number of hydrogen-bond acceptors (Lipinski definition) is 3. The van der Waals surface area contributed by atoms with Crippen molar-refractivity contribution in [1.82, 2.24) is 5.43 Å². The van der Waals surface area contributed by atoms with Crippen molar-refractivity contribution in [3.8, 4) is 5.75 Å². The van der Waals surface area contributed by atoms with Gasteiger partial charge in [0.25, 0.3) is 5.91 Å². The zero-order valence-electron chi connectivity index (χ0n) is 11.8. The molecule has 6 heteroatoms. The Labute approximate surface area is 126 Å². The average Bonchev–Trinajstić information content (AvgIpc) is 2.51. The quantitative estimate of drug-likeness (QED) is 0.682. The number of para-hydroxylation sites is 1. The Morgan fingerprint density at radius 3 is 2.77 bits per heavy atom. The monoisotopic (exact) mass is 304 g/mol. The van der Waals surface area contributed by atoms with Gasteiger partial charge in [-0.2, -0.15) is 5.10 Å². The van der Waals surface area contributed by atoms with Crippen LogP contribution in [0.15, 0.2) is 47.6 Å². The third kappa shape index (κ3) is 4.12. The molecule has 22 heavy (non-hydrogen) atoms. The number of hydrogen-bond donors (Lipinski definition) is 1. The number of halogens is 2. The second-order valence-electron chi connectivity index (χ2n) is 4.49. The topological polar surface area (TPSA) is 50.7 Å². The van der Waals surface area contributed by atoms with E-state index >= 15 is 0 Å². The Balaban J connectivity index is 1.86. The molecule has 2 rings (SSSR count). The van der Waals surface area contributed by atoms with Crippen LogP contribution in [0.5, 0.6) is 5.75 Å². The second-order valence-corrected chi connectivity index (χ2v) is 4.49. The average molecular weight is 304 g/mol. The minimum absolute atomic E-state index is 0.0554. The van der Waals surface area contributed by atoms with Gasteiger partial charge in [0.15, 0.2) is 18.2 Å². The van der Waals surface area contributed by atoms with Crippen LogP contribution in [0, 0.1) is 18.6 Å². The Morgan fingerprint density at radius 1 is 1.23 bits per heavy atom. The van der Waals surface area contributed by atoms with Gasteiger partial charge >= 0.3 is 0 Å². The number of aryl methyl sites for hydroxylation is 1. The van der Waals surface area contributed by atoms with Gasteiger partial charge in [-0.05, 0) is 24.6 Å². The molecule has 0 heterocycles. The lowest BCUT2D eigenvalue weighted by molar-refractivity contribution is -0.123. The maximum absolute atomic E-state index is 13.3. The summed E-state index contributed by atoms with van der Waals surface area (Å²) >= 11 is 0. The summed E-state index contributed by atoms with van der Waals surface area (Å²) in [4.78, 5) is 11.6. The summed E-state index contributed by atoms with van der Waals surface area (Å²) in [5.41, 5.74) is 3.03. The van der Waals surface area contributed by atoms with E-state index in [0.29, 0.717) is 5.75 Å². The molecule has 1 amide bonds. The van der Waals surface area contributed by atoms with Gasteiger partial charge in [-0.25, -0.2) is 14.2 Å². The SMILES string of the molecule is Cc1ccccc1OCC(=O)NN=Cc1cccc(F)c1F. The molecule has 0 aliphatic carbocycles. The molecule has 0 bridgehead atoms. The summed E-state index contributed by atoms with van der Waals surface area (Å²) in [6, 6.07) is 11.0. The smallest absolute Gasteiger partial charge is 0.277 e. The van der Waals surface area contributed by atoms with Crippen LogP contribution in [0.1, 0.15) is 11.1 Å². The van der Waals surface area contributed by atoms with E-state index in [4.69, 9.17) is 4.74 Å². The number of amides is 1. The number of carbonyl (C=O) groups excluding carboxylic acids is 1. The molecule has 1 N–H and O–H groups in total. The molecule has 0 saturated heterocycles. The lowest BCUT2D eigenvalue weighted by Gasteiger charge is -2.07. The van der Waals surface area contributed by atoms with E-state index in [1.54, 1.807) is 12.1 Å². The summed E-state index contributed by atoms with van der Waals surface area (Å²) in [6.45, 7) is 1.63.